The van der Waals surface area contributed by atoms with Gasteiger partial charge in [-0.3, -0.25) is 9.69 Å². The molecule has 0 aliphatic carbocycles. The number of likely N-dealkylation sites (tertiary alicyclic amines) is 1. The van der Waals surface area contributed by atoms with Crippen LogP contribution in [0, 0.1) is 11.3 Å². The standard InChI is InChI=1S/C24H26N4O2/c25-15-17-1-4-22-21(13-17)24(23(29)27-22)6-9-28(10-7-24)11-12-30-20-3-2-19-16-26-8-5-18(19)14-20/h1-4,13-14,26H,5-12,16H2,(H,27,29). The minimum atomic E-state index is -0.494. The molecule has 5 rings (SSSR count). The molecule has 0 aromatic heterocycles. The van der Waals surface area contributed by atoms with Gasteiger partial charge in [-0.05, 0) is 85.9 Å². The van der Waals surface area contributed by atoms with Crippen molar-refractivity contribution >= 4 is 11.6 Å². The van der Waals surface area contributed by atoms with Crippen molar-refractivity contribution in [1.82, 2.24) is 10.2 Å². The van der Waals surface area contributed by atoms with E-state index in [4.69, 9.17) is 4.74 Å². The number of carbonyl (C=O) groups excluding carboxylic acids is 1. The van der Waals surface area contributed by atoms with Gasteiger partial charge in [0, 0.05) is 18.8 Å². The predicted octanol–water partition coefficient (Wildman–Crippen LogP) is 2.57. The van der Waals surface area contributed by atoms with Gasteiger partial charge in [0.25, 0.3) is 0 Å². The van der Waals surface area contributed by atoms with Crippen molar-refractivity contribution in [3.63, 3.8) is 0 Å². The number of carbonyl (C=O) groups is 1. The Morgan fingerprint density at radius 1 is 1.13 bits per heavy atom. The summed E-state index contributed by atoms with van der Waals surface area (Å²) in [5.41, 5.74) is 4.72. The van der Waals surface area contributed by atoms with Crippen LogP contribution in [0.15, 0.2) is 36.4 Å². The van der Waals surface area contributed by atoms with E-state index in [9.17, 15) is 10.1 Å². The first-order chi connectivity index (χ1) is 14.7. The van der Waals surface area contributed by atoms with Gasteiger partial charge in [0.1, 0.15) is 12.4 Å². The monoisotopic (exact) mass is 402 g/mol. The van der Waals surface area contributed by atoms with Gasteiger partial charge in [-0.1, -0.05) is 6.07 Å². The largest absolute Gasteiger partial charge is 0.492 e. The number of nitrogens with zero attached hydrogens (tertiary/aromatic N) is 2. The van der Waals surface area contributed by atoms with Gasteiger partial charge in [0.2, 0.25) is 5.91 Å². The molecule has 0 bridgehead atoms. The SMILES string of the molecule is N#Cc1ccc2c(c1)C1(CCN(CCOc3ccc4c(c3)CCNC4)CC1)C(=O)N2. The summed E-state index contributed by atoms with van der Waals surface area (Å²) in [6.45, 7) is 5.16. The van der Waals surface area contributed by atoms with Crippen molar-refractivity contribution in [1.29, 1.82) is 5.26 Å². The molecule has 1 fully saturated rings. The fourth-order valence-electron chi connectivity index (χ4n) is 4.97. The lowest BCUT2D eigenvalue weighted by Gasteiger charge is -2.38. The predicted molar refractivity (Wildman–Crippen MR) is 114 cm³/mol. The summed E-state index contributed by atoms with van der Waals surface area (Å²) in [4.78, 5) is 15.2. The Bertz CT molecular complexity index is 1020. The van der Waals surface area contributed by atoms with Crippen molar-refractivity contribution in [3.05, 3.63) is 58.7 Å². The first-order valence-electron chi connectivity index (χ1n) is 10.7. The number of ether oxygens (including phenoxy) is 1. The molecule has 0 unspecified atom stereocenters. The van der Waals surface area contributed by atoms with E-state index in [1.54, 1.807) is 6.07 Å². The van der Waals surface area contributed by atoms with E-state index in [1.807, 2.05) is 12.1 Å². The number of anilines is 1. The lowest BCUT2D eigenvalue weighted by molar-refractivity contribution is -0.122. The van der Waals surface area contributed by atoms with Crippen LogP contribution in [0.3, 0.4) is 0 Å². The molecule has 30 heavy (non-hydrogen) atoms. The number of hydrogen-bond donors (Lipinski definition) is 2. The highest BCUT2D eigenvalue weighted by Gasteiger charge is 2.48. The van der Waals surface area contributed by atoms with Crippen molar-refractivity contribution in [2.24, 2.45) is 0 Å². The number of benzene rings is 2. The molecule has 2 N–H and O–H groups in total. The number of fused-ring (bicyclic) bond motifs is 3. The Hall–Kier alpha value is -2.88. The highest BCUT2D eigenvalue weighted by atomic mass is 16.5. The quantitative estimate of drug-likeness (QED) is 0.822. The van der Waals surface area contributed by atoms with Crippen LogP contribution < -0.4 is 15.4 Å². The van der Waals surface area contributed by atoms with Gasteiger partial charge in [-0.15, -0.1) is 0 Å². The van der Waals surface area contributed by atoms with Gasteiger partial charge < -0.3 is 15.4 Å². The van der Waals surface area contributed by atoms with Crippen LogP contribution in [0.5, 0.6) is 5.75 Å². The molecule has 2 aromatic carbocycles. The first kappa shape index (κ1) is 19.1. The Morgan fingerprint density at radius 2 is 2.00 bits per heavy atom. The molecule has 3 aliphatic rings. The molecular weight excluding hydrogens is 376 g/mol. The van der Waals surface area contributed by atoms with Crippen LogP contribution in [0.4, 0.5) is 5.69 Å². The number of hydrogen-bond acceptors (Lipinski definition) is 5. The average molecular weight is 402 g/mol. The van der Waals surface area contributed by atoms with Gasteiger partial charge in [-0.25, -0.2) is 0 Å². The van der Waals surface area contributed by atoms with Gasteiger partial charge in [0.15, 0.2) is 0 Å². The average Bonchev–Trinajstić information content (AvgIpc) is 3.05. The molecule has 6 nitrogen and oxygen atoms in total. The van der Waals surface area contributed by atoms with E-state index in [0.29, 0.717) is 12.2 Å². The molecule has 154 valence electrons. The molecule has 1 saturated heterocycles. The van der Waals surface area contributed by atoms with Crippen LogP contribution >= 0.6 is 0 Å². The topological polar surface area (TPSA) is 77.4 Å². The lowest BCUT2D eigenvalue weighted by atomic mass is 9.73. The molecule has 6 heteroatoms. The van der Waals surface area contributed by atoms with E-state index < -0.39 is 5.41 Å². The van der Waals surface area contributed by atoms with Gasteiger partial charge >= 0.3 is 0 Å². The Labute approximate surface area is 176 Å². The molecule has 0 atom stereocenters. The van der Waals surface area contributed by atoms with Crippen molar-refractivity contribution < 1.29 is 9.53 Å². The Kier molecular flexibility index (Phi) is 4.93. The summed E-state index contributed by atoms with van der Waals surface area (Å²) in [7, 11) is 0. The summed E-state index contributed by atoms with van der Waals surface area (Å²) in [5.74, 6) is 1.02. The summed E-state index contributed by atoms with van der Waals surface area (Å²) in [6, 6.07) is 14.1. The molecule has 0 radical (unpaired) electrons. The number of piperidine rings is 1. The Morgan fingerprint density at radius 3 is 2.83 bits per heavy atom. The number of nitriles is 1. The second kappa shape index (κ2) is 7.75. The zero-order chi connectivity index (χ0) is 20.6. The maximum absolute atomic E-state index is 12.8. The van der Waals surface area contributed by atoms with E-state index in [2.05, 4.69) is 39.8 Å². The molecule has 1 amide bonds. The second-order valence-corrected chi connectivity index (χ2v) is 8.46. The van der Waals surface area contributed by atoms with E-state index in [0.717, 1.165) is 69.0 Å². The van der Waals surface area contributed by atoms with Crippen LogP contribution in [0.1, 0.15) is 35.1 Å². The van der Waals surface area contributed by atoms with Crippen molar-refractivity contribution in [2.45, 2.75) is 31.2 Å². The van der Waals surface area contributed by atoms with Gasteiger partial charge in [-0.2, -0.15) is 5.26 Å². The fourth-order valence-corrected chi connectivity index (χ4v) is 4.97. The molecular formula is C24H26N4O2. The smallest absolute Gasteiger partial charge is 0.235 e. The van der Waals surface area contributed by atoms with Crippen LogP contribution in [-0.2, 0) is 23.2 Å². The summed E-state index contributed by atoms with van der Waals surface area (Å²) < 4.78 is 6.02. The lowest BCUT2D eigenvalue weighted by Crippen LogP contribution is -2.47. The third-order valence-corrected chi connectivity index (χ3v) is 6.80. The molecule has 3 aliphatic heterocycles. The van der Waals surface area contributed by atoms with Gasteiger partial charge in [0.05, 0.1) is 17.0 Å². The fraction of sp³-hybridized carbons (Fsp3) is 0.417. The van der Waals surface area contributed by atoms with E-state index in [-0.39, 0.29) is 5.91 Å². The van der Waals surface area contributed by atoms with Crippen molar-refractivity contribution in [2.75, 3.05) is 38.1 Å². The zero-order valence-corrected chi connectivity index (χ0v) is 17.0. The minimum Gasteiger partial charge on any atom is -0.492 e. The minimum absolute atomic E-state index is 0.0760. The Balaban J connectivity index is 1.18. The highest BCUT2D eigenvalue weighted by Crippen LogP contribution is 2.45. The van der Waals surface area contributed by atoms with Crippen LogP contribution in [0.2, 0.25) is 0 Å². The number of nitrogens with one attached hydrogen (secondary N) is 2. The normalized spacial score (nSPS) is 19.6. The van der Waals surface area contributed by atoms with E-state index in [1.165, 1.54) is 11.1 Å². The molecule has 3 heterocycles. The second-order valence-electron chi connectivity index (χ2n) is 8.46. The van der Waals surface area contributed by atoms with E-state index >= 15 is 0 Å². The molecule has 1 spiro atoms. The number of amides is 1. The van der Waals surface area contributed by atoms with Crippen LogP contribution in [-0.4, -0.2) is 43.6 Å². The third kappa shape index (κ3) is 3.34. The highest BCUT2D eigenvalue weighted by molar-refractivity contribution is 6.06. The molecule has 0 saturated carbocycles. The number of rotatable bonds is 4. The maximum atomic E-state index is 12.8. The van der Waals surface area contributed by atoms with Crippen molar-refractivity contribution in [3.8, 4) is 11.8 Å². The third-order valence-electron chi connectivity index (χ3n) is 6.80. The van der Waals surface area contributed by atoms with Crippen LogP contribution in [0.25, 0.3) is 0 Å². The zero-order valence-electron chi connectivity index (χ0n) is 17.0. The summed E-state index contributed by atoms with van der Waals surface area (Å²) in [6.07, 6.45) is 2.59. The molecule has 2 aromatic rings. The summed E-state index contributed by atoms with van der Waals surface area (Å²) >= 11 is 0. The maximum Gasteiger partial charge on any atom is 0.235 e. The summed E-state index contributed by atoms with van der Waals surface area (Å²) in [5, 5.41) is 15.6. The first-order valence-corrected chi connectivity index (χ1v) is 10.7.